The minimum absolute atomic E-state index is 0.364. The largest absolute Gasteiger partial charge is 0.480 e. The number of carboxylic acids is 1. The molecule has 138 valence electrons. The van der Waals surface area contributed by atoms with Crippen molar-refractivity contribution >= 4 is 5.97 Å². The van der Waals surface area contributed by atoms with Gasteiger partial charge in [0.1, 0.15) is 6.04 Å². The van der Waals surface area contributed by atoms with Gasteiger partial charge in [-0.3, -0.25) is 9.69 Å². The second-order valence-corrected chi connectivity index (χ2v) is 7.09. The van der Waals surface area contributed by atoms with E-state index in [1.165, 1.54) is 83.5 Å². The molecule has 0 aliphatic rings. The van der Waals surface area contributed by atoms with E-state index in [9.17, 15) is 4.79 Å². The lowest BCUT2D eigenvalue weighted by atomic mass is 10.0. The van der Waals surface area contributed by atoms with Crippen molar-refractivity contribution in [3.8, 4) is 0 Å². The van der Waals surface area contributed by atoms with E-state index in [-0.39, 0.29) is 6.04 Å². The predicted molar refractivity (Wildman–Crippen MR) is 100 cm³/mol. The maximum absolute atomic E-state index is 10.8. The number of hydrogen-bond acceptors (Lipinski definition) is 2. The van der Waals surface area contributed by atoms with Crippen LogP contribution in [-0.4, -0.2) is 35.6 Å². The van der Waals surface area contributed by atoms with E-state index in [0.29, 0.717) is 0 Å². The molecule has 0 saturated heterocycles. The van der Waals surface area contributed by atoms with Crippen molar-refractivity contribution in [3.63, 3.8) is 0 Å². The number of aliphatic carboxylic acids is 1. The molecule has 0 rings (SSSR count). The zero-order valence-corrected chi connectivity index (χ0v) is 16.0. The molecule has 0 spiro atoms. The fourth-order valence-electron chi connectivity index (χ4n) is 2.94. The second-order valence-electron chi connectivity index (χ2n) is 7.09. The quantitative estimate of drug-likeness (QED) is 0.339. The lowest BCUT2D eigenvalue weighted by Crippen LogP contribution is -2.36. The first kappa shape index (κ1) is 22.4. The average Bonchev–Trinajstić information content (AvgIpc) is 2.54. The number of rotatable bonds is 17. The molecule has 0 aliphatic carbocycles. The van der Waals surface area contributed by atoms with Crippen LogP contribution < -0.4 is 0 Å². The van der Waals surface area contributed by atoms with Gasteiger partial charge in [-0.05, 0) is 26.9 Å². The summed E-state index contributed by atoms with van der Waals surface area (Å²) in [5, 5.41) is 8.93. The Balaban J connectivity index is 3.18. The summed E-state index contributed by atoms with van der Waals surface area (Å²) >= 11 is 0. The third-order valence-electron chi connectivity index (χ3n) is 4.88. The molecule has 23 heavy (non-hydrogen) atoms. The van der Waals surface area contributed by atoms with Crippen molar-refractivity contribution in [1.29, 1.82) is 0 Å². The molecule has 1 atom stereocenters. The number of likely N-dealkylation sites (N-methyl/N-ethyl adjacent to an activating group) is 1. The highest BCUT2D eigenvalue weighted by Gasteiger charge is 2.15. The summed E-state index contributed by atoms with van der Waals surface area (Å²) < 4.78 is 0. The lowest BCUT2D eigenvalue weighted by Gasteiger charge is -2.20. The third-order valence-corrected chi connectivity index (χ3v) is 4.88. The maximum Gasteiger partial charge on any atom is 0.320 e. The summed E-state index contributed by atoms with van der Waals surface area (Å²) in [7, 11) is 1.90. The zero-order chi connectivity index (χ0) is 17.3. The number of nitrogens with zero attached hydrogens (tertiary/aromatic N) is 1. The van der Waals surface area contributed by atoms with E-state index < -0.39 is 5.97 Å². The molecule has 0 aromatic carbocycles. The van der Waals surface area contributed by atoms with Crippen LogP contribution in [-0.2, 0) is 4.79 Å². The highest BCUT2D eigenvalue weighted by atomic mass is 16.4. The van der Waals surface area contributed by atoms with Crippen LogP contribution in [0.3, 0.4) is 0 Å². The summed E-state index contributed by atoms with van der Waals surface area (Å²) in [5.41, 5.74) is 0. The van der Waals surface area contributed by atoms with E-state index >= 15 is 0 Å². The second kappa shape index (κ2) is 16.3. The molecule has 0 aliphatic heterocycles. The Morgan fingerprint density at radius 2 is 1.13 bits per heavy atom. The van der Waals surface area contributed by atoms with Gasteiger partial charge in [0.05, 0.1) is 0 Å². The molecule has 1 N–H and O–H groups in total. The van der Waals surface area contributed by atoms with Crippen LogP contribution in [0.2, 0.25) is 0 Å². The molecule has 0 radical (unpaired) electrons. The van der Waals surface area contributed by atoms with Crippen LogP contribution in [0, 0.1) is 0 Å². The molecule has 3 nitrogen and oxygen atoms in total. The molecule has 0 aromatic rings. The van der Waals surface area contributed by atoms with Crippen LogP contribution in [0.1, 0.15) is 104 Å². The molecule has 0 amide bonds. The molecular weight excluding hydrogens is 286 g/mol. The number of carbonyl (C=O) groups is 1. The lowest BCUT2D eigenvalue weighted by molar-refractivity contribution is -0.142. The Labute approximate surface area is 144 Å². The van der Waals surface area contributed by atoms with Gasteiger partial charge >= 0.3 is 5.97 Å². The molecule has 1 unspecified atom stereocenters. The minimum Gasteiger partial charge on any atom is -0.480 e. The first-order chi connectivity index (χ1) is 11.1. The monoisotopic (exact) mass is 327 g/mol. The molecule has 0 saturated carbocycles. The summed E-state index contributed by atoms with van der Waals surface area (Å²) in [6.07, 6.45) is 19.1. The van der Waals surface area contributed by atoms with Crippen molar-refractivity contribution in [2.45, 2.75) is 110 Å². The van der Waals surface area contributed by atoms with Crippen molar-refractivity contribution < 1.29 is 9.90 Å². The smallest absolute Gasteiger partial charge is 0.320 e. The van der Waals surface area contributed by atoms with Gasteiger partial charge in [-0.2, -0.15) is 0 Å². The van der Waals surface area contributed by atoms with Gasteiger partial charge in [-0.1, -0.05) is 90.4 Å². The van der Waals surface area contributed by atoms with Gasteiger partial charge in [0, 0.05) is 0 Å². The van der Waals surface area contributed by atoms with Crippen LogP contribution in [0.5, 0.6) is 0 Å². The molecule has 0 fully saturated rings. The van der Waals surface area contributed by atoms with Crippen molar-refractivity contribution in [3.05, 3.63) is 0 Å². The van der Waals surface area contributed by atoms with Gasteiger partial charge in [0.2, 0.25) is 0 Å². The predicted octanol–water partition coefficient (Wildman–Crippen LogP) is 5.87. The summed E-state index contributed by atoms with van der Waals surface area (Å²) in [4.78, 5) is 12.8. The summed E-state index contributed by atoms with van der Waals surface area (Å²) in [5.74, 6) is -0.724. The molecular formula is C20H41NO2. The highest BCUT2D eigenvalue weighted by molar-refractivity contribution is 5.72. The molecule has 3 heteroatoms. The summed E-state index contributed by atoms with van der Waals surface area (Å²) in [6.45, 7) is 4.92. The first-order valence-electron chi connectivity index (χ1n) is 10.0. The Hall–Kier alpha value is -0.570. The Kier molecular flexibility index (Phi) is 15.9. The zero-order valence-electron chi connectivity index (χ0n) is 16.0. The molecule has 0 heterocycles. The van der Waals surface area contributed by atoms with Gasteiger partial charge in [0.25, 0.3) is 0 Å². The summed E-state index contributed by atoms with van der Waals surface area (Å²) in [6, 6.07) is -0.364. The Bertz CT molecular complexity index is 268. The van der Waals surface area contributed by atoms with E-state index in [1.807, 2.05) is 11.9 Å². The van der Waals surface area contributed by atoms with Gasteiger partial charge in [-0.25, -0.2) is 0 Å². The van der Waals surface area contributed by atoms with Gasteiger partial charge in [-0.15, -0.1) is 0 Å². The van der Waals surface area contributed by atoms with Crippen LogP contribution in [0.15, 0.2) is 0 Å². The fourth-order valence-corrected chi connectivity index (χ4v) is 2.94. The topological polar surface area (TPSA) is 40.5 Å². The Morgan fingerprint density at radius 3 is 1.48 bits per heavy atom. The SMILES string of the molecule is CCCCCCCCCCCCCCCCN(C)C(C)C(=O)O. The van der Waals surface area contributed by atoms with E-state index in [0.717, 1.165) is 13.0 Å². The van der Waals surface area contributed by atoms with Gasteiger partial charge < -0.3 is 5.11 Å². The fraction of sp³-hybridized carbons (Fsp3) is 0.950. The standard InChI is InChI=1S/C20H41NO2/c1-4-5-6-7-8-9-10-11-12-13-14-15-16-17-18-21(3)19(2)20(22)23/h19H,4-18H2,1-3H3,(H,22,23). The highest BCUT2D eigenvalue weighted by Crippen LogP contribution is 2.13. The normalized spacial score (nSPS) is 12.7. The average molecular weight is 328 g/mol. The van der Waals surface area contributed by atoms with Crippen molar-refractivity contribution in [1.82, 2.24) is 4.90 Å². The van der Waals surface area contributed by atoms with Crippen LogP contribution >= 0.6 is 0 Å². The molecule has 0 aromatic heterocycles. The maximum atomic E-state index is 10.8. The minimum atomic E-state index is -0.724. The van der Waals surface area contributed by atoms with Crippen LogP contribution in [0.25, 0.3) is 0 Å². The number of hydrogen-bond donors (Lipinski definition) is 1. The first-order valence-corrected chi connectivity index (χ1v) is 10.0. The van der Waals surface area contributed by atoms with E-state index in [1.54, 1.807) is 6.92 Å². The Morgan fingerprint density at radius 1 is 0.783 bits per heavy atom. The number of unbranched alkanes of at least 4 members (excludes halogenated alkanes) is 13. The van der Waals surface area contributed by atoms with Crippen molar-refractivity contribution in [2.75, 3.05) is 13.6 Å². The van der Waals surface area contributed by atoms with Crippen molar-refractivity contribution in [2.24, 2.45) is 0 Å². The number of carboxylic acid groups (broad SMARTS) is 1. The molecule has 0 bridgehead atoms. The van der Waals surface area contributed by atoms with Gasteiger partial charge in [0.15, 0.2) is 0 Å². The van der Waals surface area contributed by atoms with E-state index in [4.69, 9.17) is 5.11 Å². The van der Waals surface area contributed by atoms with Crippen LogP contribution in [0.4, 0.5) is 0 Å². The van der Waals surface area contributed by atoms with E-state index in [2.05, 4.69) is 6.92 Å². The third kappa shape index (κ3) is 14.7.